The Balaban J connectivity index is 3.14. The molecule has 1 aromatic rings. The Kier molecular flexibility index (Phi) is 2.95. The van der Waals surface area contributed by atoms with Crippen molar-refractivity contribution in [2.45, 2.75) is 6.18 Å². The Morgan fingerprint density at radius 3 is 2.53 bits per heavy atom. The van der Waals surface area contributed by atoms with Crippen LogP contribution in [0.3, 0.4) is 0 Å². The molecule has 15 heavy (non-hydrogen) atoms. The molecule has 0 bridgehead atoms. The molecule has 3 nitrogen and oxygen atoms in total. The summed E-state index contributed by atoms with van der Waals surface area (Å²) in [5, 5.41) is 8.44. The number of anilines is 1. The maximum absolute atomic E-state index is 12.2. The molecule has 0 saturated heterocycles. The van der Waals surface area contributed by atoms with Gasteiger partial charge < -0.3 is 0 Å². The molecule has 0 aliphatic heterocycles. The topological polar surface area (TPSA) is 44.1 Å². The zero-order valence-corrected chi connectivity index (χ0v) is 7.32. The maximum Gasteiger partial charge on any atom is 0.416 e. The van der Waals surface area contributed by atoms with Gasteiger partial charge in [-0.1, -0.05) is 6.07 Å². The first-order valence-electron chi connectivity index (χ1n) is 3.80. The van der Waals surface area contributed by atoms with Gasteiger partial charge in [0.25, 0.3) is 0 Å². The van der Waals surface area contributed by atoms with E-state index in [0.717, 1.165) is 18.2 Å². The van der Waals surface area contributed by atoms with Crippen LogP contribution < -0.4 is 4.90 Å². The predicted molar refractivity (Wildman–Crippen MR) is 45.6 cm³/mol. The lowest BCUT2D eigenvalue weighted by atomic mass is 10.2. The summed E-state index contributed by atoms with van der Waals surface area (Å²) in [6.07, 6.45) is -2.89. The number of halogens is 3. The Bertz CT molecular complexity index is 409. The number of hydrogen-bond acceptors (Lipinski definition) is 2. The van der Waals surface area contributed by atoms with Crippen molar-refractivity contribution in [2.75, 3.05) is 4.90 Å². The Morgan fingerprint density at radius 2 is 2.07 bits per heavy atom. The first kappa shape index (κ1) is 11.0. The minimum atomic E-state index is -4.49. The lowest BCUT2D eigenvalue weighted by Crippen LogP contribution is -2.14. The SMILES string of the molecule is N#CN(C=O)c1cccc(C(F)(F)F)c1. The molecule has 0 fully saturated rings. The molecule has 0 N–H and O–H groups in total. The van der Waals surface area contributed by atoms with Crippen molar-refractivity contribution in [2.24, 2.45) is 0 Å². The Morgan fingerprint density at radius 1 is 1.40 bits per heavy atom. The van der Waals surface area contributed by atoms with Gasteiger partial charge in [-0.05, 0) is 18.2 Å². The molecule has 0 aliphatic carbocycles. The second-order valence-electron chi connectivity index (χ2n) is 2.62. The van der Waals surface area contributed by atoms with Crippen LogP contribution in [0.25, 0.3) is 0 Å². The summed E-state index contributed by atoms with van der Waals surface area (Å²) < 4.78 is 36.7. The van der Waals surface area contributed by atoms with Crippen LogP contribution >= 0.6 is 0 Å². The van der Waals surface area contributed by atoms with E-state index in [1.54, 1.807) is 0 Å². The van der Waals surface area contributed by atoms with Crippen LogP contribution in [-0.4, -0.2) is 6.41 Å². The number of alkyl halides is 3. The van der Waals surface area contributed by atoms with Crippen LogP contribution in [0.4, 0.5) is 18.9 Å². The van der Waals surface area contributed by atoms with Crippen molar-refractivity contribution in [3.8, 4) is 6.19 Å². The van der Waals surface area contributed by atoms with Crippen molar-refractivity contribution >= 4 is 12.1 Å². The number of carbonyl (C=O) groups is 1. The van der Waals surface area contributed by atoms with E-state index in [1.165, 1.54) is 12.3 Å². The van der Waals surface area contributed by atoms with Crippen LogP contribution in [0.15, 0.2) is 24.3 Å². The van der Waals surface area contributed by atoms with Gasteiger partial charge in [0.2, 0.25) is 6.41 Å². The molecule has 0 aromatic heterocycles. The highest BCUT2D eigenvalue weighted by molar-refractivity contribution is 5.78. The number of hydrogen-bond donors (Lipinski definition) is 0. The summed E-state index contributed by atoms with van der Waals surface area (Å²) in [5.41, 5.74) is -1.01. The van der Waals surface area contributed by atoms with E-state index in [-0.39, 0.29) is 12.1 Å². The summed E-state index contributed by atoms with van der Waals surface area (Å²) in [6.45, 7) is 0. The molecule has 0 spiro atoms. The van der Waals surface area contributed by atoms with Crippen LogP contribution in [-0.2, 0) is 11.0 Å². The standard InChI is InChI=1S/C9H5F3N2O/c10-9(11,12)7-2-1-3-8(4-7)14(5-13)6-15/h1-4,6H. The van der Waals surface area contributed by atoms with Gasteiger partial charge >= 0.3 is 6.18 Å². The third-order valence-electron chi connectivity index (χ3n) is 1.66. The summed E-state index contributed by atoms with van der Waals surface area (Å²) in [7, 11) is 0. The van der Waals surface area contributed by atoms with Crippen molar-refractivity contribution in [1.29, 1.82) is 5.26 Å². The van der Waals surface area contributed by atoms with E-state index in [1.807, 2.05) is 0 Å². The summed E-state index contributed by atoms with van der Waals surface area (Å²) >= 11 is 0. The lowest BCUT2D eigenvalue weighted by molar-refractivity contribution is -0.137. The van der Waals surface area contributed by atoms with E-state index in [9.17, 15) is 18.0 Å². The highest BCUT2D eigenvalue weighted by Gasteiger charge is 2.30. The first-order chi connectivity index (χ1) is 6.99. The monoisotopic (exact) mass is 214 g/mol. The molecular formula is C9H5F3N2O. The van der Waals surface area contributed by atoms with E-state index in [0.29, 0.717) is 4.90 Å². The molecule has 0 aliphatic rings. The van der Waals surface area contributed by atoms with Gasteiger partial charge in [-0.25, -0.2) is 4.90 Å². The highest BCUT2D eigenvalue weighted by Crippen LogP contribution is 2.31. The highest BCUT2D eigenvalue weighted by atomic mass is 19.4. The second kappa shape index (κ2) is 4.00. The number of benzene rings is 1. The molecule has 0 atom stereocenters. The van der Waals surface area contributed by atoms with Gasteiger partial charge in [0, 0.05) is 0 Å². The van der Waals surface area contributed by atoms with Crippen molar-refractivity contribution in [3.05, 3.63) is 29.8 Å². The van der Waals surface area contributed by atoms with Crippen LogP contribution in [0, 0.1) is 11.5 Å². The van der Waals surface area contributed by atoms with Crippen molar-refractivity contribution in [3.63, 3.8) is 0 Å². The largest absolute Gasteiger partial charge is 0.416 e. The molecular weight excluding hydrogens is 209 g/mol. The minimum absolute atomic E-state index is 0.109. The van der Waals surface area contributed by atoms with Crippen LogP contribution in [0.2, 0.25) is 0 Å². The number of rotatable bonds is 2. The number of carbonyl (C=O) groups excluding carboxylic acids is 1. The molecule has 0 unspecified atom stereocenters. The fraction of sp³-hybridized carbons (Fsp3) is 0.111. The average Bonchev–Trinajstić information content (AvgIpc) is 2.19. The van der Waals surface area contributed by atoms with Gasteiger partial charge in [-0.3, -0.25) is 4.79 Å². The smallest absolute Gasteiger partial charge is 0.277 e. The van der Waals surface area contributed by atoms with E-state index < -0.39 is 11.7 Å². The quantitative estimate of drug-likeness (QED) is 0.430. The minimum Gasteiger partial charge on any atom is -0.277 e. The van der Waals surface area contributed by atoms with Gasteiger partial charge in [-0.2, -0.15) is 18.4 Å². The van der Waals surface area contributed by atoms with Gasteiger partial charge in [0.05, 0.1) is 11.3 Å². The van der Waals surface area contributed by atoms with Gasteiger partial charge in [-0.15, -0.1) is 0 Å². The summed E-state index contributed by atoms with van der Waals surface area (Å²) in [4.78, 5) is 10.8. The lowest BCUT2D eigenvalue weighted by Gasteiger charge is -2.10. The Labute approximate surface area is 83.3 Å². The second-order valence-corrected chi connectivity index (χ2v) is 2.62. The zero-order chi connectivity index (χ0) is 11.5. The summed E-state index contributed by atoms with van der Waals surface area (Å²) in [5.74, 6) is 0. The van der Waals surface area contributed by atoms with Gasteiger partial charge in [0.15, 0.2) is 6.19 Å². The molecule has 0 saturated carbocycles. The van der Waals surface area contributed by atoms with E-state index >= 15 is 0 Å². The Hall–Kier alpha value is -2.03. The van der Waals surface area contributed by atoms with Gasteiger partial charge in [0.1, 0.15) is 0 Å². The van der Waals surface area contributed by atoms with Crippen LogP contribution in [0.5, 0.6) is 0 Å². The molecule has 1 rings (SSSR count). The van der Waals surface area contributed by atoms with Crippen LogP contribution in [0.1, 0.15) is 5.56 Å². The number of nitrogens with zero attached hydrogens (tertiary/aromatic N) is 2. The van der Waals surface area contributed by atoms with E-state index in [4.69, 9.17) is 5.26 Å². The first-order valence-corrected chi connectivity index (χ1v) is 3.80. The maximum atomic E-state index is 12.2. The predicted octanol–water partition coefficient (Wildman–Crippen LogP) is 2.15. The third-order valence-corrected chi connectivity index (χ3v) is 1.66. The molecule has 1 amide bonds. The van der Waals surface area contributed by atoms with E-state index in [2.05, 4.69) is 0 Å². The fourth-order valence-electron chi connectivity index (χ4n) is 0.974. The summed E-state index contributed by atoms with van der Waals surface area (Å²) in [6, 6.07) is 3.97. The third kappa shape index (κ3) is 2.47. The fourth-order valence-corrected chi connectivity index (χ4v) is 0.974. The molecule has 1 aromatic carbocycles. The number of amides is 1. The molecule has 0 heterocycles. The van der Waals surface area contributed by atoms with Crippen molar-refractivity contribution < 1.29 is 18.0 Å². The average molecular weight is 214 g/mol. The molecule has 6 heteroatoms. The molecule has 0 radical (unpaired) electrons. The normalized spacial score (nSPS) is 10.5. The zero-order valence-electron chi connectivity index (χ0n) is 7.32. The molecule has 78 valence electrons. The van der Waals surface area contributed by atoms with Crippen molar-refractivity contribution in [1.82, 2.24) is 0 Å². The number of nitriles is 1.